The number of halogens is 3. The normalized spacial score (nSPS) is 10.9. The van der Waals surface area contributed by atoms with Gasteiger partial charge in [0.25, 0.3) is 0 Å². The molecule has 7 heteroatoms. The largest absolute Gasteiger partial charge is 0.349 e. The van der Waals surface area contributed by atoms with E-state index in [1.54, 1.807) is 18.3 Å². The molecule has 0 spiro atoms. The van der Waals surface area contributed by atoms with Crippen molar-refractivity contribution in [2.24, 2.45) is 0 Å². The summed E-state index contributed by atoms with van der Waals surface area (Å²) in [6, 6.07) is 6.70. The van der Waals surface area contributed by atoms with E-state index < -0.39 is 11.6 Å². The SMILES string of the molecule is Fc1ccc(F)c(CNc2nc3ccc(Cl)cn3n2)c1. The fourth-order valence-electron chi connectivity index (χ4n) is 1.79. The minimum Gasteiger partial charge on any atom is -0.349 e. The number of aromatic nitrogens is 3. The lowest BCUT2D eigenvalue weighted by atomic mass is 10.2. The van der Waals surface area contributed by atoms with Crippen molar-refractivity contribution in [2.45, 2.75) is 6.54 Å². The number of pyridine rings is 1. The maximum absolute atomic E-state index is 13.5. The molecule has 20 heavy (non-hydrogen) atoms. The van der Waals surface area contributed by atoms with Gasteiger partial charge >= 0.3 is 0 Å². The third-order valence-electron chi connectivity index (χ3n) is 2.74. The summed E-state index contributed by atoms with van der Waals surface area (Å²) in [5.74, 6) is -0.653. The molecule has 2 heterocycles. The summed E-state index contributed by atoms with van der Waals surface area (Å²) in [6.45, 7) is 0.0915. The maximum Gasteiger partial charge on any atom is 0.243 e. The Labute approximate surface area is 118 Å². The molecule has 2 aromatic heterocycles. The molecule has 0 saturated heterocycles. The van der Waals surface area contributed by atoms with Crippen molar-refractivity contribution in [1.29, 1.82) is 0 Å². The van der Waals surface area contributed by atoms with Crippen molar-refractivity contribution < 1.29 is 8.78 Å². The predicted molar refractivity (Wildman–Crippen MR) is 71.7 cm³/mol. The van der Waals surface area contributed by atoms with Crippen molar-refractivity contribution in [3.05, 3.63) is 58.7 Å². The van der Waals surface area contributed by atoms with E-state index in [9.17, 15) is 8.78 Å². The molecule has 0 aliphatic rings. The van der Waals surface area contributed by atoms with Gasteiger partial charge in [-0.1, -0.05) is 11.6 Å². The van der Waals surface area contributed by atoms with Gasteiger partial charge in [0, 0.05) is 18.3 Å². The Morgan fingerprint density at radius 3 is 2.90 bits per heavy atom. The first-order valence-electron chi connectivity index (χ1n) is 5.81. The molecular formula is C13H9ClF2N4. The van der Waals surface area contributed by atoms with Crippen LogP contribution in [-0.2, 0) is 6.54 Å². The monoisotopic (exact) mass is 294 g/mol. The van der Waals surface area contributed by atoms with Gasteiger partial charge in [0.15, 0.2) is 5.65 Å². The second-order valence-corrected chi connectivity index (χ2v) is 4.61. The number of hydrogen-bond acceptors (Lipinski definition) is 3. The summed E-state index contributed by atoms with van der Waals surface area (Å²) in [5, 5.41) is 7.51. The zero-order valence-electron chi connectivity index (χ0n) is 10.1. The van der Waals surface area contributed by atoms with Crippen LogP contribution in [0.1, 0.15) is 5.56 Å². The van der Waals surface area contributed by atoms with E-state index in [4.69, 9.17) is 11.6 Å². The average Bonchev–Trinajstić information content (AvgIpc) is 2.81. The van der Waals surface area contributed by atoms with Gasteiger partial charge in [-0.05, 0) is 30.3 Å². The lowest BCUT2D eigenvalue weighted by molar-refractivity contribution is 0.587. The van der Waals surface area contributed by atoms with Crippen molar-refractivity contribution in [2.75, 3.05) is 5.32 Å². The van der Waals surface area contributed by atoms with Gasteiger partial charge in [0.2, 0.25) is 5.95 Å². The molecule has 0 aliphatic carbocycles. The zero-order chi connectivity index (χ0) is 14.1. The molecule has 0 amide bonds. The van der Waals surface area contributed by atoms with Crippen molar-refractivity contribution in [3.63, 3.8) is 0 Å². The van der Waals surface area contributed by atoms with Gasteiger partial charge in [0.05, 0.1) is 5.02 Å². The average molecular weight is 295 g/mol. The Hall–Kier alpha value is -2.21. The van der Waals surface area contributed by atoms with Crippen LogP contribution < -0.4 is 5.32 Å². The topological polar surface area (TPSA) is 42.2 Å². The Kier molecular flexibility index (Phi) is 3.23. The number of nitrogens with zero attached hydrogens (tertiary/aromatic N) is 3. The first-order chi connectivity index (χ1) is 9.61. The number of fused-ring (bicyclic) bond motifs is 1. The highest BCUT2D eigenvalue weighted by Crippen LogP contribution is 2.14. The number of anilines is 1. The maximum atomic E-state index is 13.5. The van der Waals surface area contributed by atoms with Crippen LogP contribution in [0.3, 0.4) is 0 Å². The Balaban J connectivity index is 1.81. The summed E-state index contributed by atoms with van der Waals surface area (Å²) in [4.78, 5) is 4.19. The standard InChI is InChI=1S/C13H9ClF2N4/c14-9-1-4-12-18-13(19-20(12)7-9)17-6-8-5-10(15)2-3-11(8)16/h1-5,7H,6H2,(H,17,19). The third-order valence-corrected chi connectivity index (χ3v) is 2.96. The minimum atomic E-state index is -0.488. The lowest BCUT2D eigenvalue weighted by Crippen LogP contribution is -2.03. The van der Waals surface area contributed by atoms with Crippen LogP contribution in [0.25, 0.3) is 5.65 Å². The van der Waals surface area contributed by atoms with Gasteiger partial charge in [-0.2, -0.15) is 4.98 Å². The van der Waals surface area contributed by atoms with E-state index in [2.05, 4.69) is 15.4 Å². The predicted octanol–water partition coefficient (Wildman–Crippen LogP) is 3.27. The van der Waals surface area contributed by atoms with Crippen molar-refractivity contribution >= 4 is 23.2 Å². The van der Waals surface area contributed by atoms with Gasteiger partial charge < -0.3 is 5.32 Å². The first-order valence-corrected chi connectivity index (χ1v) is 6.19. The third kappa shape index (κ3) is 2.55. The zero-order valence-corrected chi connectivity index (χ0v) is 10.9. The highest BCUT2D eigenvalue weighted by atomic mass is 35.5. The molecule has 3 rings (SSSR count). The Bertz CT molecular complexity index is 772. The van der Waals surface area contributed by atoms with Crippen LogP contribution in [0.15, 0.2) is 36.5 Å². The number of rotatable bonds is 3. The molecule has 0 fully saturated rings. The Morgan fingerprint density at radius 1 is 1.20 bits per heavy atom. The molecule has 0 saturated carbocycles. The number of nitrogens with one attached hydrogen (secondary N) is 1. The molecule has 0 atom stereocenters. The van der Waals surface area contributed by atoms with Crippen LogP contribution in [0.5, 0.6) is 0 Å². The van der Waals surface area contributed by atoms with Crippen molar-refractivity contribution in [1.82, 2.24) is 14.6 Å². The van der Waals surface area contributed by atoms with Crippen molar-refractivity contribution in [3.8, 4) is 0 Å². The fraction of sp³-hybridized carbons (Fsp3) is 0.0769. The van der Waals surface area contributed by atoms with Gasteiger partial charge in [-0.15, -0.1) is 5.10 Å². The van der Waals surface area contributed by atoms with E-state index >= 15 is 0 Å². The summed E-state index contributed by atoms with van der Waals surface area (Å²) in [7, 11) is 0. The molecule has 0 bridgehead atoms. The van der Waals surface area contributed by atoms with Crippen LogP contribution in [0.4, 0.5) is 14.7 Å². The van der Waals surface area contributed by atoms with Gasteiger partial charge in [0.1, 0.15) is 11.6 Å². The molecule has 1 N–H and O–H groups in total. The van der Waals surface area contributed by atoms with Crippen LogP contribution >= 0.6 is 11.6 Å². The molecule has 0 radical (unpaired) electrons. The molecule has 102 valence electrons. The van der Waals surface area contributed by atoms with Gasteiger partial charge in [-0.25, -0.2) is 13.3 Å². The number of hydrogen-bond donors (Lipinski definition) is 1. The fourth-order valence-corrected chi connectivity index (χ4v) is 1.94. The highest BCUT2D eigenvalue weighted by molar-refractivity contribution is 6.30. The second kappa shape index (κ2) is 5.05. The van der Waals surface area contributed by atoms with Crippen LogP contribution in [0, 0.1) is 11.6 Å². The summed E-state index contributed by atoms with van der Waals surface area (Å²) in [5.41, 5.74) is 0.818. The molecule has 0 unspecified atom stereocenters. The molecule has 0 aliphatic heterocycles. The molecule has 4 nitrogen and oxygen atoms in total. The highest BCUT2D eigenvalue weighted by Gasteiger charge is 2.07. The quantitative estimate of drug-likeness (QED) is 0.806. The number of benzene rings is 1. The Morgan fingerprint density at radius 2 is 2.05 bits per heavy atom. The van der Waals surface area contributed by atoms with E-state index in [0.717, 1.165) is 18.2 Å². The smallest absolute Gasteiger partial charge is 0.243 e. The lowest BCUT2D eigenvalue weighted by Gasteiger charge is -2.03. The van der Waals surface area contributed by atoms with Gasteiger partial charge in [-0.3, -0.25) is 0 Å². The molecule has 3 aromatic rings. The summed E-state index contributed by atoms with van der Waals surface area (Å²) >= 11 is 5.84. The summed E-state index contributed by atoms with van der Waals surface area (Å²) < 4.78 is 28.0. The van der Waals surface area contributed by atoms with E-state index in [1.807, 2.05) is 0 Å². The van der Waals surface area contributed by atoms with E-state index in [-0.39, 0.29) is 12.1 Å². The van der Waals surface area contributed by atoms with Crippen LogP contribution in [-0.4, -0.2) is 14.6 Å². The molecular weight excluding hydrogens is 286 g/mol. The summed E-state index contributed by atoms with van der Waals surface area (Å²) in [6.07, 6.45) is 1.61. The van der Waals surface area contributed by atoms with Crippen LogP contribution in [0.2, 0.25) is 5.02 Å². The minimum absolute atomic E-state index is 0.0915. The molecule has 1 aromatic carbocycles. The van der Waals surface area contributed by atoms with E-state index in [0.29, 0.717) is 16.6 Å². The van der Waals surface area contributed by atoms with E-state index in [1.165, 1.54) is 4.52 Å². The first kappa shape index (κ1) is 12.8. The second-order valence-electron chi connectivity index (χ2n) is 4.17.